The van der Waals surface area contributed by atoms with Crippen molar-refractivity contribution in [2.45, 2.75) is 25.8 Å². The van der Waals surface area contributed by atoms with Gasteiger partial charge in [-0.1, -0.05) is 18.2 Å². The van der Waals surface area contributed by atoms with E-state index in [0.29, 0.717) is 12.0 Å². The van der Waals surface area contributed by atoms with E-state index < -0.39 is 0 Å². The molecule has 2 aromatic carbocycles. The molecule has 0 saturated carbocycles. The minimum Gasteiger partial charge on any atom is -0.394 e. The highest BCUT2D eigenvalue weighted by molar-refractivity contribution is 5.95. The summed E-state index contributed by atoms with van der Waals surface area (Å²) in [6, 6.07) is 15.1. The summed E-state index contributed by atoms with van der Waals surface area (Å²) in [6.45, 7) is 2.77. The number of nitrogens with zero attached hydrogens (tertiary/aromatic N) is 2. The van der Waals surface area contributed by atoms with Crippen LogP contribution in [-0.2, 0) is 6.42 Å². The van der Waals surface area contributed by atoms with Gasteiger partial charge < -0.3 is 15.4 Å². The fourth-order valence-corrected chi connectivity index (χ4v) is 3.54. The van der Waals surface area contributed by atoms with E-state index in [9.17, 15) is 9.90 Å². The topological polar surface area (TPSA) is 80.7 Å². The average molecular weight is 376 g/mol. The van der Waals surface area contributed by atoms with Crippen LogP contribution in [0.5, 0.6) is 0 Å². The van der Waals surface area contributed by atoms with E-state index >= 15 is 0 Å². The smallest absolute Gasteiger partial charge is 0.251 e. The van der Waals surface area contributed by atoms with Gasteiger partial charge in [-0.25, -0.2) is 0 Å². The Bertz CT molecular complexity index is 1010. The number of benzene rings is 2. The van der Waals surface area contributed by atoms with Crippen LogP contribution in [0.2, 0.25) is 0 Å². The number of aromatic nitrogens is 1. The average Bonchev–Trinajstić information content (AvgIpc) is 3.34. The first-order valence-electron chi connectivity index (χ1n) is 9.52. The number of hydrazone groups is 1. The van der Waals surface area contributed by atoms with Crippen molar-refractivity contribution in [2.75, 3.05) is 18.2 Å². The molecule has 0 bridgehead atoms. The third kappa shape index (κ3) is 3.77. The third-order valence-corrected chi connectivity index (χ3v) is 5.10. The highest BCUT2D eigenvalue weighted by Crippen LogP contribution is 2.21. The van der Waals surface area contributed by atoms with E-state index in [1.54, 1.807) is 12.1 Å². The number of rotatable bonds is 6. The van der Waals surface area contributed by atoms with Crippen LogP contribution in [0.25, 0.3) is 10.9 Å². The quantitative estimate of drug-likeness (QED) is 0.618. The number of aliphatic hydroxyl groups is 1. The Morgan fingerprint density at radius 1 is 1.25 bits per heavy atom. The lowest BCUT2D eigenvalue weighted by molar-refractivity contribution is 0.0916. The second-order valence-corrected chi connectivity index (χ2v) is 7.17. The van der Waals surface area contributed by atoms with Crippen molar-refractivity contribution in [3.63, 3.8) is 0 Å². The Kier molecular flexibility index (Phi) is 5.12. The summed E-state index contributed by atoms with van der Waals surface area (Å²) in [4.78, 5) is 15.8. The summed E-state index contributed by atoms with van der Waals surface area (Å²) in [5.74, 6) is -0.188. The summed E-state index contributed by atoms with van der Waals surface area (Å²) in [5, 5.41) is 20.2. The molecule has 6 nitrogen and oxygen atoms in total. The van der Waals surface area contributed by atoms with Crippen LogP contribution in [0.4, 0.5) is 5.69 Å². The Morgan fingerprint density at radius 2 is 2.04 bits per heavy atom. The summed E-state index contributed by atoms with van der Waals surface area (Å²) in [7, 11) is 0. The minimum atomic E-state index is -0.350. The first-order valence-corrected chi connectivity index (χ1v) is 9.52. The highest BCUT2D eigenvalue weighted by Gasteiger charge is 2.17. The van der Waals surface area contributed by atoms with Crippen LogP contribution in [0.15, 0.2) is 59.8 Å². The van der Waals surface area contributed by atoms with E-state index in [-0.39, 0.29) is 18.6 Å². The predicted molar refractivity (Wildman–Crippen MR) is 112 cm³/mol. The molecular weight excluding hydrogens is 352 g/mol. The number of carbonyl (C=O) groups is 1. The number of hydrogen-bond acceptors (Lipinski definition) is 4. The van der Waals surface area contributed by atoms with Crippen LogP contribution in [0, 0.1) is 0 Å². The molecule has 1 aromatic heterocycles. The normalized spacial score (nSPS) is 14.9. The summed E-state index contributed by atoms with van der Waals surface area (Å²) in [5.41, 5.74) is 4.79. The maximum Gasteiger partial charge on any atom is 0.251 e. The minimum absolute atomic E-state index is 0.120. The van der Waals surface area contributed by atoms with Gasteiger partial charge >= 0.3 is 0 Å². The van der Waals surface area contributed by atoms with Gasteiger partial charge in [-0.15, -0.1) is 0 Å². The summed E-state index contributed by atoms with van der Waals surface area (Å²) in [6.07, 6.45) is 3.47. The Morgan fingerprint density at radius 3 is 2.75 bits per heavy atom. The zero-order valence-electron chi connectivity index (χ0n) is 15.9. The first kappa shape index (κ1) is 18.3. The third-order valence-electron chi connectivity index (χ3n) is 5.10. The lowest BCUT2D eigenvalue weighted by atomic mass is 10.0. The molecule has 0 aliphatic carbocycles. The Balaban J connectivity index is 1.42. The van der Waals surface area contributed by atoms with Gasteiger partial charge in [0.1, 0.15) is 0 Å². The molecule has 1 atom stereocenters. The molecule has 0 saturated heterocycles. The van der Waals surface area contributed by atoms with Crippen LogP contribution in [0.1, 0.15) is 29.3 Å². The molecule has 3 aromatic rings. The lowest BCUT2D eigenvalue weighted by Crippen LogP contribution is -2.39. The fraction of sp³-hybridized carbons (Fsp3) is 0.273. The zero-order valence-corrected chi connectivity index (χ0v) is 15.9. The van der Waals surface area contributed by atoms with Gasteiger partial charge in [0.2, 0.25) is 0 Å². The maximum atomic E-state index is 12.6. The number of H-pyrrole nitrogens is 1. The SMILES string of the molecule is CC1=NN(c2ccc(C(=O)N[C@H](CO)Cc3c[nH]c4ccccc34)cc2)CC1. The molecule has 4 rings (SSSR count). The van der Waals surface area contributed by atoms with Crippen LogP contribution in [0.3, 0.4) is 0 Å². The molecule has 3 N–H and O–H groups in total. The van der Waals surface area contributed by atoms with E-state index in [1.807, 2.05) is 54.5 Å². The van der Waals surface area contributed by atoms with Crippen molar-refractivity contribution in [1.82, 2.24) is 10.3 Å². The van der Waals surface area contributed by atoms with E-state index in [0.717, 1.165) is 40.8 Å². The number of aromatic amines is 1. The van der Waals surface area contributed by atoms with Gasteiger partial charge in [-0.05, 0) is 49.2 Å². The van der Waals surface area contributed by atoms with E-state index in [4.69, 9.17) is 0 Å². The van der Waals surface area contributed by atoms with Crippen LogP contribution < -0.4 is 10.3 Å². The number of aliphatic hydroxyl groups excluding tert-OH is 1. The van der Waals surface area contributed by atoms with Crippen molar-refractivity contribution in [2.24, 2.45) is 5.10 Å². The van der Waals surface area contributed by atoms with Gasteiger partial charge in [-0.2, -0.15) is 5.10 Å². The molecule has 0 unspecified atom stereocenters. The predicted octanol–water partition coefficient (Wildman–Crippen LogP) is 3.09. The van der Waals surface area contributed by atoms with Crippen molar-refractivity contribution in [3.05, 3.63) is 65.9 Å². The highest BCUT2D eigenvalue weighted by atomic mass is 16.3. The molecule has 0 radical (unpaired) electrons. The maximum absolute atomic E-state index is 12.6. The van der Waals surface area contributed by atoms with Crippen LogP contribution >= 0.6 is 0 Å². The molecule has 144 valence electrons. The van der Waals surface area contributed by atoms with Crippen LogP contribution in [-0.4, -0.2) is 40.9 Å². The van der Waals surface area contributed by atoms with Gasteiger partial charge in [-0.3, -0.25) is 9.80 Å². The van der Waals surface area contributed by atoms with Crippen molar-refractivity contribution < 1.29 is 9.90 Å². The first-order chi connectivity index (χ1) is 13.6. The number of hydrogen-bond donors (Lipinski definition) is 3. The molecule has 28 heavy (non-hydrogen) atoms. The number of anilines is 1. The van der Waals surface area contributed by atoms with Gasteiger partial charge in [0.05, 0.1) is 18.3 Å². The molecular formula is C22H24N4O2. The van der Waals surface area contributed by atoms with Crippen molar-refractivity contribution >= 4 is 28.2 Å². The van der Waals surface area contributed by atoms with Crippen molar-refractivity contribution in [1.29, 1.82) is 0 Å². The second kappa shape index (κ2) is 7.86. The standard InChI is InChI=1S/C22H24N4O2/c1-15-10-11-26(25-15)19-8-6-16(7-9-19)22(28)24-18(14-27)12-17-13-23-21-5-3-2-4-20(17)21/h2-9,13,18,23,27H,10-12,14H2,1H3,(H,24,28)/t18-/m0/s1. The zero-order chi connectivity index (χ0) is 19.5. The molecule has 1 amide bonds. The summed E-state index contributed by atoms with van der Waals surface area (Å²) < 4.78 is 0. The lowest BCUT2D eigenvalue weighted by Gasteiger charge is -2.17. The largest absolute Gasteiger partial charge is 0.394 e. The Labute approximate surface area is 163 Å². The fourth-order valence-electron chi connectivity index (χ4n) is 3.54. The van der Waals surface area contributed by atoms with Crippen molar-refractivity contribution in [3.8, 4) is 0 Å². The summed E-state index contributed by atoms with van der Waals surface area (Å²) >= 11 is 0. The molecule has 1 aliphatic heterocycles. The van der Waals surface area contributed by atoms with Gasteiger partial charge in [0, 0.05) is 41.3 Å². The van der Waals surface area contributed by atoms with Gasteiger partial charge in [0.15, 0.2) is 0 Å². The number of carbonyl (C=O) groups excluding carboxylic acids is 1. The monoisotopic (exact) mass is 376 g/mol. The molecule has 0 fully saturated rings. The number of fused-ring (bicyclic) bond motifs is 1. The van der Waals surface area contributed by atoms with E-state index in [1.165, 1.54) is 0 Å². The van der Waals surface area contributed by atoms with E-state index in [2.05, 4.69) is 15.4 Å². The van der Waals surface area contributed by atoms with Gasteiger partial charge in [0.25, 0.3) is 5.91 Å². The number of nitrogens with one attached hydrogen (secondary N) is 2. The molecule has 1 aliphatic rings. The Hall–Kier alpha value is -3.12. The molecule has 0 spiro atoms. The number of amides is 1. The second-order valence-electron chi connectivity index (χ2n) is 7.17. The molecule has 2 heterocycles. The molecule has 6 heteroatoms. The number of para-hydroxylation sites is 1.